The minimum atomic E-state index is -0.357. The van der Waals surface area contributed by atoms with Gasteiger partial charge in [0.2, 0.25) is 0 Å². The zero-order chi connectivity index (χ0) is 24.2. The zero-order valence-electron chi connectivity index (χ0n) is 21.9. The molecular formula is C32H48F2. The Morgan fingerprint density at radius 3 is 2.00 bits per heavy atom. The second-order valence-electron chi connectivity index (χ2n) is 11.0. The van der Waals surface area contributed by atoms with E-state index in [4.69, 9.17) is 0 Å². The summed E-state index contributed by atoms with van der Waals surface area (Å²) in [4.78, 5) is 0. The molecule has 2 aliphatic carbocycles. The first-order valence-corrected chi connectivity index (χ1v) is 14.5. The molecule has 2 heteroatoms. The highest BCUT2D eigenvalue weighted by Crippen LogP contribution is 2.39. The van der Waals surface area contributed by atoms with Crippen LogP contribution >= 0.6 is 0 Å². The van der Waals surface area contributed by atoms with Crippen molar-refractivity contribution in [3.63, 3.8) is 0 Å². The zero-order valence-corrected chi connectivity index (χ0v) is 21.9. The maximum atomic E-state index is 14.8. The molecule has 1 atom stereocenters. The van der Waals surface area contributed by atoms with Crippen LogP contribution in [0.15, 0.2) is 35.9 Å². The summed E-state index contributed by atoms with van der Waals surface area (Å²) in [6, 6.07) is 3.18. The molecule has 3 rings (SSSR count). The summed E-state index contributed by atoms with van der Waals surface area (Å²) < 4.78 is 29.5. The summed E-state index contributed by atoms with van der Waals surface area (Å²) >= 11 is 0. The molecule has 0 spiro atoms. The molecular weight excluding hydrogens is 422 g/mol. The molecule has 2 aliphatic rings. The molecule has 1 unspecified atom stereocenters. The van der Waals surface area contributed by atoms with Crippen molar-refractivity contribution in [2.75, 3.05) is 0 Å². The standard InChI is InChI=1S/C32H48F2/c1-3-5-7-9-10-12-14-30-31(33)23-29(24-32(30)34)28-21-19-27(20-22-28)26-17-15-25(16-18-26)13-11-8-6-4-2/h19-21,23-26,28H,3-18,22H2,1-2H3. The maximum Gasteiger partial charge on any atom is 0.129 e. The van der Waals surface area contributed by atoms with E-state index in [1.807, 2.05) is 0 Å². The number of rotatable bonds is 14. The number of unbranched alkanes of at least 4 members (excludes halogenated alkanes) is 8. The van der Waals surface area contributed by atoms with Gasteiger partial charge in [-0.2, -0.15) is 0 Å². The third-order valence-electron chi connectivity index (χ3n) is 8.28. The first kappa shape index (κ1) is 27.2. The molecule has 34 heavy (non-hydrogen) atoms. The predicted molar refractivity (Wildman–Crippen MR) is 142 cm³/mol. The normalized spacial score (nSPS) is 22.7. The molecule has 1 saturated carbocycles. The highest BCUT2D eigenvalue weighted by atomic mass is 19.1. The van der Waals surface area contributed by atoms with Gasteiger partial charge < -0.3 is 0 Å². The monoisotopic (exact) mass is 470 g/mol. The summed E-state index contributed by atoms with van der Waals surface area (Å²) in [6.07, 6.45) is 27.2. The van der Waals surface area contributed by atoms with Crippen LogP contribution in [0.25, 0.3) is 0 Å². The number of allylic oxidation sites excluding steroid dienone is 4. The number of benzene rings is 1. The molecule has 0 aliphatic heterocycles. The molecule has 0 radical (unpaired) electrons. The number of hydrogen-bond acceptors (Lipinski definition) is 0. The van der Waals surface area contributed by atoms with Gasteiger partial charge in [0.25, 0.3) is 0 Å². The molecule has 0 heterocycles. The maximum absolute atomic E-state index is 14.8. The molecule has 0 aromatic heterocycles. The van der Waals surface area contributed by atoms with Crippen molar-refractivity contribution >= 4 is 0 Å². The van der Waals surface area contributed by atoms with Gasteiger partial charge in [-0.25, -0.2) is 8.78 Å². The summed E-state index contributed by atoms with van der Waals surface area (Å²) in [5.41, 5.74) is 2.52. The van der Waals surface area contributed by atoms with E-state index in [0.29, 0.717) is 12.3 Å². The fourth-order valence-corrected chi connectivity index (χ4v) is 5.99. The van der Waals surface area contributed by atoms with Gasteiger partial charge in [-0.1, -0.05) is 96.3 Å². The Morgan fingerprint density at radius 1 is 0.765 bits per heavy atom. The Labute approximate surface area is 208 Å². The van der Waals surface area contributed by atoms with E-state index in [0.717, 1.165) is 37.2 Å². The average Bonchev–Trinajstić information content (AvgIpc) is 2.86. The summed E-state index contributed by atoms with van der Waals surface area (Å²) in [7, 11) is 0. The summed E-state index contributed by atoms with van der Waals surface area (Å²) in [6.45, 7) is 4.48. The van der Waals surface area contributed by atoms with Gasteiger partial charge in [-0.05, 0) is 80.1 Å². The van der Waals surface area contributed by atoms with Gasteiger partial charge in [0.1, 0.15) is 11.6 Å². The van der Waals surface area contributed by atoms with Crippen molar-refractivity contribution in [1.82, 2.24) is 0 Å². The largest absolute Gasteiger partial charge is 0.207 e. The molecule has 1 aromatic carbocycles. The van der Waals surface area contributed by atoms with Gasteiger partial charge in [0, 0.05) is 11.5 Å². The highest BCUT2D eigenvalue weighted by Gasteiger charge is 2.24. The number of hydrogen-bond donors (Lipinski definition) is 0. The van der Waals surface area contributed by atoms with Gasteiger partial charge in [0.05, 0.1) is 0 Å². The van der Waals surface area contributed by atoms with E-state index >= 15 is 0 Å². The minimum Gasteiger partial charge on any atom is -0.207 e. The van der Waals surface area contributed by atoms with E-state index in [9.17, 15) is 8.78 Å². The van der Waals surface area contributed by atoms with E-state index in [2.05, 4.69) is 32.1 Å². The second-order valence-corrected chi connectivity index (χ2v) is 11.0. The van der Waals surface area contributed by atoms with E-state index in [1.54, 1.807) is 12.1 Å². The fraction of sp³-hybridized carbons (Fsp3) is 0.688. The Kier molecular flexibility index (Phi) is 11.9. The summed E-state index contributed by atoms with van der Waals surface area (Å²) in [5.74, 6) is 0.978. The Balaban J connectivity index is 1.45. The lowest BCUT2D eigenvalue weighted by atomic mass is 9.75. The van der Waals surface area contributed by atoms with Crippen molar-refractivity contribution in [1.29, 1.82) is 0 Å². The van der Waals surface area contributed by atoms with Crippen molar-refractivity contribution < 1.29 is 8.78 Å². The molecule has 0 bridgehead atoms. The van der Waals surface area contributed by atoms with Gasteiger partial charge in [0.15, 0.2) is 0 Å². The van der Waals surface area contributed by atoms with E-state index in [-0.39, 0.29) is 23.1 Å². The van der Waals surface area contributed by atoms with Crippen molar-refractivity contribution in [3.8, 4) is 0 Å². The molecule has 1 fully saturated rings. The van der Waals surface area contributed by atoms with Gasteiger partial charge in [-0.3, -0.25) is 0 Å². The van der Waals surface area contributed by atoms with Crippen LogP contribution < -0.4 is 0 Å². The van der Waals surface area contributed by atoms with Crippen LogP contribution in [0.3, 0.4) is 0 Å². The molecule has 1 aromatic rings. The molecule has 190 valence electrons. The molecule has 0 saturated heterocycles. The van der Waals surface area contributed by atoms with Crippen LogP contribution in [-0.2, 0) is 6.42 Å². The minimum absolute atomic E-state index is 0.0887. The first-order valence-electron chi connectivity index (χ1n) is 14.5. The third-order valence-corrected chi connectivity index (χ3v) is 8.28. The third kappa shape index (κ3) is 8.35. The van der Waals surface area contributed by atoms with E-state index < -0.39 is 0 Å². The highest BCUT2D eigenvalue weighted by molar-refractivity contribution is 5.36. The lowest BCUT2D eigenvalue weighted by Gasteiger charge is -2.31. The smallest absolute Gasteiger partial charge is 0.129 e. The quantitative estimate of drug-likeness (QED) is 0.237. The first-order chi connectivity index (χ1) is 16.6. The molecule has 0 amide bonds. The fourth-order valence-electron chi connectivity index (χ4n) is 5.99. The topological polar surface area (TPSA) is 0 Å². The Morgan fingerprint density at radius 2 is 1.38 bits per heavy atom. The van der Waals surface area contributed by atoms with Crippen LogP contribution in [0.1, 0.15) is 134 Å². The lowest BCUT2D eigenvalue weighted by molar-refractivity contribution is 0.283. The van der Waals surface area contributed by atoms with Crippen molar-refractivity contribution in [3.05, 3.63) is 58.7 Å². The molecule has 0 nitrogen and oxygen atoms in total. The van der Waals surface area contributed by atoms with Crippen molar-refractivity contribution in [2.45, 2.75) is 129 Å². The van der Waals surface area contributed by atoms with Gasteiger partial charge >= 0.3 is 0 Å². The second kappa shape index (κ2) is 14.8. The average molecular weight is 471 g/mol. The SMILES string of the molecule is CCCCCCCCc1c(F)cc(C2C=CC(C3CCC(CCCCCC)CC3)=CC2)cc1F. The van der Waals surface area contributed by atoms with Crippen LogP contribution in [-0.4, -0.2) is 0 Å². The predicted octanol–water partition coefficient (Wildman–Crippen LogP) is 10.6. The van der Waals surface area contributed by atoms with Crippen LogP contribution in [0.5, 0.6) is 0 Å². The Bertz CT molecular complexity index is 759. The van der Waals surface area contributed by atoms with Crippen LogP contribution in [0.2, 0.25) is 0 Å². The van der Waals surface area contributed by atoms with Crippen LogP contribution in [0, 0.1) is 23.5 Å². The molecule has 0 N–H and O–H groups in total. The summed E-state index contributed by atoms with van der Waals surface area (Å²) in [5, 5.41) is 0. The lowest BCUT2D eigenvalue weighted by Crippen LogP contribution is -2.17. The van der Waals surface area contributed by atoms with Gasteiger partial charge in [-0.15, -0.1) is 0 Å². The Hall–Kier alpha value is -1.44. The van der Waals surface area contributed by atoms with Crippen molar-refractivity contribution in [2.24, 2.45) is 11.8 Å². The number of halogens is 2. The van der Waals surface area contributed by atoms with E-state index in [1.165, 1.54) is 82.6 Å². The van der Waals surface area contributed by atoms with Crippen LogP contribution in [0.4, 0.5) is 8.78 Å².